The van der Waals surface area contributed by atoms with Gasteiger partial charge in [-0.1, -0.05) is 18.2 Å². The summed E-state index contributed by atoms with van der Waals surface area (Å²) in [5.74, 6) is -0.320. The number of esters is 1. The highest BCUT2D eigenvalue weighted by molar-refractivity contribution is 5.89. The van der Waals surface area contributed by atoms with Gasteiger partial charge in [-0.25, -0.2) is 9.78 Å². The average molecular weight is 348 g/mol. The molecule has 0 radical (unpaired) electrons. The van der Waals surface area contributed by atoms with Gasteiger partial charge in [0.15, 0.2) is 0 Å². The molecule has 0 spiro atoms. The van der Waals surface area contributed by atoms with E-state index in [1.807, 2.05) is 24.5 Å². The predicted octanol–water partition coefficient (Wildman–Crippen LogP) is 3.67. The minimum absolute atomic E-state index is 0.320. The molecule has 26 heavy (non-hydrogen) atoms. The third-order valence-corrected chi connectivity index (χ3v) is 4.66. The summed E-state index contributed by atoms with van der Waals surface area (Å²) in [5, 5.41) is 1.13. The van der Waals surface area contributed by atoms with Crippen LogP contribution in [0.15, 0.2) is 54.9 Å². The monoisotopic (exact) mass is 348 g/mol. The first-order valence-electron chi connectivity index (χ1n) is 8.64. The Morgan fingerprint density at radius 2 is 2.12 bits per heavy atom. The molecule has 0 N–H and O–H groups in total. The first kappa shape index (κ1) is 16.5. The van der Waals surface area contributed by atoms with E-state index in [-0.39, 0.29) is 5.97 Å². The van der Waals surface area contributed by atoms with Crippen LogP contribution in [0.5, 0.6) is 0 Å². The van der Waals surface area contributed by atoms with E-state index in [2.05, 4.69) is 27.8 Å². The number of aromatic nitrogens is 2. The van der Waals surface area contributed by atoms with Crippen molar-refractivity contribution < 1.29 is 14.3 Å². The van der Waals surface area contributed by atoms with Gasteiger partial charge in [-0.3, -0.25) is 0 Å². The molecule has 5 nitrogen and oxygen atoms in total. The number of pyridine rings is 1. The Balaban J connectivity index is 1.57. The summed E-state index contributed by atoms with van der Waals surface area (Å²) in [5.41, 5.74) is 5.09. The van der Waals surface area contributed by atoms with Crippen molar-refractivity contribution in [3.8, 4) is 0 Å². The highest BCUT2D eigenvalue weighted by Gasteiger charge is 2.10. The van der Waals surface area contributed by atoms with Crippen molar-refractivity contribution in [3.05, 3.63) is 71.6 Å². The van der Waals surface area contributed by atoms with Gasteiger partial charge in [0.25, 0.3) is 0 Å². The minimum Gasteiger partial charge on any atom is -0.465 e. The van der Waals surface area contributed by atoms with Crippen molar-refractivity contribution in [2.45, 2.75) is 13.0 Å². The first-order valence-corrected chi connectivity index (χ1v) is 8.64. The topological polar surface area (TPSA) is 53.4 Å². The molecule has 1 aromatic carbocycles. The molecule has 0 fully saturated rings. The van der Waals surface area contributed by atoms with E-state index in [1.54, 1.807) is 12.1 Å². The van der Waals surface area contributed by atoms with E-state index in [9.17, 15) is 4.79 Å². The fraction of sp³-hybridized carbons (Fsp3) is 0.238. The van der Waals surface area contributed by atoms with Crippen LogP contribution in [0.1, 0.15) is 27.9 Å². The summed E-state index contributed by atoms with van der Waals surface area (Å²) < 4.78 is 12.2. The fourth-order valence-electron chi connectivity index (χ4n) is 3.23. The van der Waals surface area contributed by atoms with Crippen molar-refractivity contribution in [1.82, 2.24) is 9.55 Å². The summed E-state index contributed by atoms with van der Waals surface area (Å²) in [6.45, 7) is 2.15. The maximum Gasteiger partial charge on any atom is 0.337 e. The SMILES string of the molecule is COC(=O)c1ccc(Cn2ccc3cc(C4=CCOCC4)cnc32)cc1. The molecule has 0 aliphatic carbocycles. The molecular weight excluding hydrogens is 328 g/mol. The Labute approximate surface area is 151 Å². The van der Waals surface area contributed by atoms with Crippen molar-refractivity contribution in [3.63, 3.8) is 0 Å². The van der Waals surface area contributed by atoms with Crippen LogP contribution in [0.25, 0.3) is 16.6 Å². The number of methoxy groups -OCH3 is 1. The van der Waals surface area contributed by atoms with Gasteiger partial charge in [0.2, 0.25) is 0 Å². The largest absolute Gasteiger partial charge is 0.465 e. The normalized spacial score (nSPS) is 14.3. The molecule has 1 aliphatic rings. The molecule has 0 saturated carbocycles. The van der Waals surface area contributed by atoms with Crippen LogP contribution >= 0.6 is 0 Å². The zero-order valence-corrected chi connectivity index (χ0v) is 14.6. The second-order valence-corrected chi connectivity index (χ2v) is 6.32. The van der Waals surface area contributed by atoms with E-state index >= 15 is 0 Å². The van der Waals surface area contributed by atoms with Crippen LogP contribution < -0.4 is 0 Å². The second kappa shape index (κ2) is 7.14. The number of nitrogens with zero attached hydrogens (tertiary/aromatic N) is 2. The van der Waals surface area contributed by atoms with E-state index in [4.69, 9.17) is 9.47 Å². The van der Waals surface area contributed by atoms with Crippen molar-refractivity contribution in [1.29, 1.82) is 0 Å². The van der Waals surface area contributed by atoms with E-state index in [1.165, 1.54) is 18.2 Å². The second-order valence-electron chi connectivity index (χ2n) is 6.32. The predicted molar refractivity (Wildman–Crippen MR) is 100 cm³/mol. The number of hydrogen-bond acceptors (Lipinski definition) is 4. The Morgan fingerprint density at radius 1 is 1.27 bits per heavy atom. The quantitative estimate of drug-likeness (QED) is 0.675. The summed E-state index contributed by atoms with van der Waals surface area (Å²) in [6, 6.07) is 11.7. The third-order valence-electron chi connectivity index (χ3n) is 4.66. The summed E-state index contributed by atoms with van der Waals surface area (Å²) in [4.78, 5) is 16.2. The molecule has 1 aliphatic heterocycles. The smallest absolute Gasteiger partial charge is 0.337 e. The zero-order chi connectivity index (χ0) is 17.9. The van der Waals surface area contributed by atoms with Gasteiger partial charge in [-0.15, -0.1) is 0 Å². The standard InChI is InChI=1S/C21H20N2O3/c1-25-21(24)17-4-2-15(3-5-17)14-23-9-6-18-12-19(13-22-20(18)23)16-7-10-26-11-8-16/h2-7,9,12-13H,8,10-11,14H2,1H3. The van der Waals surface area contributed by atoms with Crippen LogP contribution in [-0.2, 0) is 16.0 Å². The van der Waals surface area contributed by atoms with E-state index < -0.39 is 0 Å². The maximum absolute atomic E-state index is 11.5. The summed E-state index contributed by atoms with van der Waals surface area (Å²) in [7, 11) is 1.39. The molecule has 5 heteroatoms. The lowest BCUT2D eigenvalue weighted by atomic mass is 10.0. The number of ether oxygens (including phenoxy) is 2. The lowest BCUT2D eigenvalue weighted by molar-refractivity contribution is 0.0600. The fourth-order valence-corrected chi connectivity index (χ4v) is 3.23. The minimum atomic E-state index is -0.320. The van der Waals surface area contributed by atoms with Gasteiger partial charge >= 0.3 is 5.97 Å². The van der Waals surface area contributed by atoms with Crippen molar-refractivity contribution >= 4 is 22.6 Å². The molecule has 2 aromatic heterocycles. The molecule has 3 heterocycles. The Bertz CT molecular complexity index is 971. The van der Waals surface area contributed by atoms with Gasteiger partial charge in [0.1, 0.15) is 5.65 Å². The lowest BCUT2D eigenvalue weighted by Crippen LogP contribution is -2.04. The number of rotatable bonds is 4. The zero-order valence-electron chi connectivity index (χ0n) is 14.6. The van der Waals surface area contributed by atoms with Gasteiger partial charge in [-0.2, -0.15) is 0 Å². The number of carbonyl (C=O) groups excluding carboxylic acids is 1. The van der Waals surface area contributed by atoms with Gasteiger partial charge in [0, 0.05) is 24.3 Å². The molecule has 4 rings (SSSR count). The molecule has 0 bridgehead atoms. The highest BCUT2D eigenvalue weighted by atomic mass is 16.5. The molecule has 0 amide bonds. The number of fused-ring (bicyclic) bond motifs is 1. The third kappa shape index (κ3) is 3.26. The van der Waals surface area contributed by atoms with Crippen LogP contribution in [0.3, 0.4) is 0 Å². The maximum atomic E-state index is 11.5. The summed E-state index contributed by atoms with van der Waals surface area (Å²) >= 11 is 0. The van der Waals surface area contributed by atoms with Crippen molar-refractivity contribution in [2.75, 3.05) is 20.3 Å². The molecule has 0 unspecified atom stereocenters. The average Bonchev–Trinajstić information content (AvgIpc) is 3.10. The van der Waals surface area contributed by atoms with Crippen LogP contribution in [0.4, 0.5) is 0 Å². The van der Waals surface area contributed by atoms with Crippen LogP contribution in [0, 0.1) is 0 Å². The Morgan fingerprint density at radius 3 is 2.85 bits per heavy atom. The first-order chi connectivity index (χ1) is 12.7. The van der Waals surface area contributed by atoms with Crippen molar-refractivity contribution in [2.24, 2.45) is 0 Å². The molecule has 132 valence electrons. The van der Waals surface area contributed by atoms with E-state index in [0.29, 0.717) is 18.7 Å². The van der Waals surface area contributed by atoms with Crippen LogP contribution in [0.2, 0.25) is 0 Å². The van der Waals surface area contributed by atoms with Gasteiger partial charge in [0.05, 0.1) is 25.9 Å². The molecule has 0 saturated heterocycles. The number of benzene rings is 1. The number of hydrogen-bond donors (Lipinski definition) is 0. The van der Waals surface area contributed by atoms with E-state index in [0.717, 1.165) is 29.6 Å². The molecule has 0 atom stereocenters. The number of carbonyl (C=O) groups is 1. The highest BCUT2D eigenvalue weighted by Crippen LogP contribution is 2.24. The lowest BCUT2D eigenvalue weighted by Gasteiger charge is -2.13. The Kier molecular flexibility index (Phi) is 4.54. The van der Waals surface area contributed by atoms with Gasteiger partial charge in [-0.05, 0) is 47.4 Å². The van der Waals surface area contributed by atoms with Crippen LogP contribution in [-0.4, -0.2) is 35.8 Å². The van der Waals surface area contributed by atoms with Gasteiger partial charge < -0.3 is 14.0 Å². The molecular formula is C21H20N2O3. The molecule has 3 aromatic rings. The Hall–Kier alpha value is -2.92. The summed E-state index contributed by atoms with van der Waals surface area (Å²) in [6.07, 6.45) is 7.05.